The smallest absolute Gasteiger partial charge is 0.309 e. The lowest BCUT2D eigenvalue weighted by molar-refractivity contribution is -0.161. The Bertz CT molecular complexity index is 603. The van der Waals surface area contributed by atoms with Crippen molar-refractivity contribution in [1.29, 1.82) is 0 Å². The van der Waals surface area contributed by atoms with E-state index in [9.17, 15) is 14.1 Å². The summed E-state index contributed by atoms with van der Waals surface area (Å²) in [6, 6.07) is 7.52. The van der Waals surface area contributed by atoms with Crippen molar-refractivity contribution in [3.63, 3.8) is 0 Å². The Morgan fingerprint density at radius 2 is 1.92 bits per heavy atom. The fraction of sp³-hybridized carbons (Fsp3) is 0.632. The van der Waals surface area contributed by atoms with Crippen LogP contribution in [-0.4, -0.2) is 31.7 Å². The average molecular weight is 352 g/mol. The molecule has 3 unspecified atom stereocenters. The minimum Gasteiger partial charge on any atom is -0.460 e. The summed E-state index contributed by atoms with van der Waals surface area (Å²) >= 11 is 0. The fourth-order valence-electron chi connectivity index (χ4n) is 3.16. The molecule has 5 heteroatoms. The van der Waals surface area contributed by atoms with E-state index in [-0.39, 0.29) is 6.42 Å². The largest absolute Gasteiger partial charge is 0.460 e. The van der Waals surface area contributed by atoms with Crippen molar-refractivity contribution in [2.24, 2.45) is 0 Å². The van der Waals surface area contributed by atoms with Crippen molar-refractivity contribution in [3.8, 4) is 0 Å². The second-order valence-electron chi connectivity index (χ2n) is 7.71. The predicted octanol–water partition coefficient (Wildman–Crippen LogP) is 3.51. The first-order chi connectivity index (χ1) is 11.1. The summed E-state index contributed by atoms with van der Waals surface area (Å²) in [4.78, 5) is 12.9. The molecule has 0 spiro atoms. The molecule has 24 heavy (non-hydrogen) atoms. The quantitative estimate of drug-likeness (QED) is 0.842. The third kappa shape index (κ3) is 4.90. The number of hydrogen-bond acceptors (Lipinski definition) is 4. The van der Waals surface area contributed by atoms with Gasteiger partial charge in [-0.1, -0.05) is 30.5 Å². The molecular weight excluding hydrogens is 324 g/mol. The van der Waals surface area contributed by atoms with E-state index >= 15 is 0 Å². The van der Waals surface area contributed by atoms with Crippen LogP contribution in [0.2, 0.25) is 0 Å². The van der Waals surface area contributed by atoms with Gasteiger partial charge in [-0.05, 0) is 52.7 Å². The molecule has 0 saturated heterocycles. The zero-order chi connectivity index (χ0) is 18.0. The van der Waals surface area contributed by atoms with E-state index < -0.39 is 33.2 Å². The summed E-state index contributed by atoms with van der Waals surface area (Å²) in [6.45, 7) is 7.39. The van der Waals surface area contributed by atoms with Gasteiger partial charge in [-0.2, -0.15) is 0 Å². The van der Waals surface area contributed by atoms with Crippen LogP contribution in [0.4, 0.5) is 0 Å². The first-order valence-electron chi connectivity index (χ1n) is 8.52. The van der Waals surface area contributed by atoms with Crippen LogP contribution in [0.3, 0.4) is 0 Å². The normalized spacial score (nSPS) is 26.0. The van der Waals surface area contributed by atoms with Gasteiger partial charge < -0.3 is 9.84 Å². The van der Waals surface area contributed by atoms with E-state index in [0.29, 0.717) is 17.7 Å². The summed E-state index contributed by atoms with van der Waals surface area (Å²) in [7, 11) is -1.34. The molecule has 134 valence electrons. The zero-order valence-corrected chi connectivity index (χ0v) is 15.8. The van der Waals surface area contributed by atoms with Gasteiger partial charge in [0, 0.05) is 4.90 Å². The topological polar surface area (TPSA) is 63.6 Å². The molecule has 1 aromatic carbocycles. The van der Waals surface area contributed by atoms with Crippen molar-refractivity contribution in [2.75, 3.05) is 0 Å². The molecule has 1 aliphatic carbocycles. The number of aliphatic hydroxyl groups is 1. The van der Waals surface area contributed by atoms with E-state index in [0.717, 1.165) is 18.4 Å². The van der Waals surface area contributed by atoms with Crippen molar-refractivity contribution in [1.82, 2.24) is 0 Å². The maximum absolute atomic E-state index is 13.0. The fourth-order valence-corrected chi connectivity index (χ4v) is 4.88. The van der Waals surface area contributed by atoms with Gasteiger partial charge in [0.2, 0.25) is 0 Å². The summed E-state index contributed by atoms with van der Waals surface area (Å²) in [5.41, 5.74) is -0.757. The number of hydrogen-bond donors (Lipinski definition) is 1. The van der Waals surface area contributed by atoms with Crippen molar-refractivity contribution in [2.45, 2.75) is 81.1 Å². The lowest BCUT2D eigenvalue weighted by atomic mass is 9.82. The summed E-state index contributed by atoms with van der Waals surface area (Å²) in [5, 5.41) is 10.6. The second-order valence-corrected chi connectivity index (χ2v) is 9.35. The van der Waals surface area contributed by atoms with Gasteiger partial charge in [0.05, 0.1) is 28.1 Å². The van der Waals surface area contributed by atoms with Gasteiger partial charge >= 0.3 is 5.97 Å². The van der Waals surface area contributed by atoms with E-state index in [1.807, 2.05) is 31.2 Å². The van der Waals surface area contributed by atoms with E-state index in [2.05, 4.69) is 0 Å². The number of carbonyl (C=O) groups excluding carboxylic acids is 1. The Kier molecular flexibility index (Phi) is 5.87. The van der Waals surface area contributed by atoms with Gasteiger partial charge in [0.25, 0.3) is 0 Å². The SMILES string of the molecule is Cc1ccc(S(=O)C2CCCCC2(O)CC(=O)OC(C)(C)C)cc1. The molecule has 0 heterocycles. The molecule has 2 rings (SSSR count). The Morgan fingerprint density at radius 1 is 1.29 bits per heavy atom. The lowest BCUT2D eigenvalue weighted by Gasteiger charge is -2.39. The highest BCUT2D eigenvalue weighted by Gasteiger charge is 2.45. The van der Waals surface area contributed by atoms with Gasteiger partial charge in [-0.15, -0.1) is 0 Å². The molecule has 0 radical (unpaired) electrons. The summed E-state index contributed by atoms with van der Waals surface area (Å²) in [6.07, 6.45) is 2.78. The molecule has 3 atom stereocenters. The van der Waals surface area contributed by atoms with Crippen LogP contribution in [0.15, 0.2) is 29.2 Å². The van der Waals surface area contributed by atoms with Gasteiger partial charge in [0.1, 0.15) is 5.60 Å². The Labute approximate surface area is 147 Å². The molecule has 1 fully saturated rings. The Balaban J connectivity index is 2.18. The number of ether oxygens (including phenoxy) is 1. The minimum absolute atomic E-state index is 0.105. The van der Waals surface area contributed by atoms with E-state index in [1.165, 1.54) is 0 Å². The molecule has 0 amide bonds. The number of carbonyl (C=O) groups is 1. The molecule has 4 nitrogen and oxygen atoms in total. The maximum atomic E-state index is 13.0. The molecule has 1 saturated carbocycles. The molecular formula is C19H28O4S. The first kappa shape index (κ1) is 19.1. The van der Waals surface area contributed by atoms with E-state index in [1.54, 1.807) is 20.8 Å². The third-order valence-corrected chi connectivity index (χ3v) is 6.24. The molecule has 1 N–H and O–H groups in total. The van der Waals surface area contributed by atoms with Crippen LogP contribution in [0.1, 0.15) is 58.4 Å². The first-order valence-corrected chi connectivity index (χ1v) is 9.73. The standard InChI is InChI=1S/C19H28O4S/c1-14-8-10-15(11-9-14)24(22)16-7-5-6-12-19(16,21)13-17(20)23-18(2,3)4/h8-11,16,21H,5-7,12-13H2,1-4H3. The highest BCUT2D eigenvalue weighted by atomic mass is 32.2. The number of esters is 1. The molecule has 0 aromatic heterocycles. The van der Waals surface area contributed by atoms with Crippen LogP contribution in [0.5, 0.6) is 0 Å². The third-order valence-electron chi connectivity index (χ3n) is 4.31. The maximum Gasteiger partial charge on any atom is 0.309 e. The van der Waals surface area contributed by atoms with Crippen LogP contribution in [0, 0.1) is 6.92 Å². The lowest BCUT2D eigenvalue weighted by Crippen LogP contribution is -2.49. The number of aryl methyl sites for hydroxylation is 1. The van der Waals surface area contributed by atoms with Gasteiger partial charge in [-0.25, -0.2) is 0 Å². The Hall–Kier alpha value is -1.20. The van der Waals surface area contributed by atoms with E-state index in [4.69, 9.17) is 4.74 Å². The van der Waals surface area contributed by atoms with Gasteiger partial charge in [0.15, 0.2) is 0 Å². The molecule has 0 aliphatic heterocycles. The molecule has 0 bridgehead atoms. The summed E-state index contributed by atoms with van der Waals surface area (Å²) < 4.78 is 18.3. The van der Waals surface area contributed by atoms with Crippen molar-refractivity contribution < 1.29 is 18.8 Å². The number of rotatable bonds is 4. The van der Waals surface area contributed by atoms with Crippen LogP contribution >= 0.6 is 0 Å². The second kappa shape index (κ2) is 7.36. The average Bonchev–Trinajstić information content (AvgIpc) is 2.45. The molecule has 1 aromatic rings. The predicted molar refractivity (Wildman–Crippen MR) is 95.3 cm³/mol. The van der Waals surface area contributed by atoms with Crippen molar-refractivity contribution in [3.05, 3.63) is 29.8 Å². The van der Waals surface area contributed by atoms with Crippen LogP contribution in [0.25, 0.3) is 0 Å². The van der Waals surface area contributed by atoms with Crippen molar-refractivity contribution >= 4 is 16.8 Å². The Morgan fingerprint density at radius 3 is 2.50 bits per heavy atom. The highest BCUT2D eigenvalue weighted by molar-refractivity contribution is 7.85. The minimum atomic E-state index is -1.34. The number of benzene rings is 1. The van der Waals surface area contributed by atoms with Crippen LogP contribution in [-0.2, 0) is 20.3 Å². The zero-order valence-electron chi connectivity index (χ0n) is 15.0. The molecule has 1 aliphatic rings. The van der Waals surface area contributed by atoms with Crippen LogP contribution < -0.4 is 0 Å². The highest BCUT2D eigenvalue weighted by Crippen LogP contribution is 2.37. The van der Waals surface area contributed by atoms with Gasteiger partial charge in [-0.3, -0.25) is 9.00 Å². The monoisotopic (exact) mass is 352 g/mol. The summed E-state index contributed by atoms with van der Waals surface area (Å²) in [5.74, 6) is -0.433.